The Morgan fingerprint density at radius 3 is 2.71 bits per heavy atom. The monoisotopic (exact) mass is 345 g/mol. The molecule has 0 N–H and O–H groups in total. The molecule has 2 aromatic heterocycles. The Bertz CT molecular complexity index is 596. The number of oxazole rings is 1. The summed E-state index contributed by atoms with van der Waals surface area (Å²) in [4.78, 5) is 20.3. The number of aromatic nitrogens is 3. The summed E-state index contributed by atoms with van der Waals surface area (Å²) in [6.45, 7) is 5.85. The quantitative estimate of drug-likeness (QED) is 0.779. The highest BCUT2D eigenvalue weighted by Gasteiger charge is 2.10. The van der Waals surface area contributed by atoms with E-state index in [1.54, 1.807) is 17.7 Å². The van der Waals surface area contributed by atoms with Crippen molar-refractivity contribution in [3.63, 3.8) is 0 Å². The summed E-state index contributed by atoms with van der Waals surface area (Å²) < 4.78 is 7.62. The van der Waals surface area contributed by atoms with Crippen LogP contribution in [-0.4, -0.2) is 14.5 Å². The van der Waals surface area contributed by atoms with Crippen molar-refractivity contribution in [3.05, 3.63) is 43.3 Å². The van der Waals surface area contributed by atoms with Crippen LogP contribution >= 0.6 is 22.6 Å². The Hall–Kier alpha value is -1.18. The van der Waals surface area contributed by atoms with Gasteiger partial charge in [-0.2, -0.15) is 0 Å². The van der Waals surface area contributed by atoms with Crippen LogP contribution in [-0.2, 0) is 6.54 Å². The number of rotatable bonds is 2. The van der Waals surface area contributed by atoms with E-state index in [2.05, 4.69) is 9.97 Å². The van der Waals surface area contributed by atoms with Crippen LogP contribution in [0.2, 0.25) is 0 Å². The molecule has 2 heterocycles. The highest BCUT2D eigenvalue weighted by atomic mass is 127. The van der Waals surface area contributed by atoms with E-state index in [4.69, 9.17) is 4.42 Å². The van der Waals surface area contributed by atoms with Gasteiger partial charge in [0, 0.05) is 6.20 Å². The van der Waals surface area contributed by atoms with Crippen molar-refractivity contribution in [2.75, 3.05) is 0 Å². The van der Waals surface area contributed by atoms with E-state index in [1.165, 1.54) is 0 Å². The molecule has 17 heavy (non-hydrogen) atoms. The standard InChI is InChI=1S/C11H12IN3O2/c1-6-7(2)17-10(14-6)5-15-8(3)13-4-9(12)11(15)16/h4H,5H2,1-3H3. The minimum atomic E-state index is -0.0633. The Kier molecular flexibility index (Phi) is 3.32. The maximum atomic E-state index is 11.9. The first-order chi connectivity index (χ1) is 7.99. The highest BCUT2D eigenvalue weighted by Crippen LogP contribution is 2.09. The number of nitrogens with zero attached hydrogens (tertiary/aromatic N) is 3. The van der Waals surface area contributed by atoms with Gasteiger partial charge in [-0.1, -0.05) is 0 Å². The van der Waals surface area contributed by atoms with Crippen LogP contribution in [0.5, 0.6) is 0 Å². The lowest BCUT2D eigenvalue weighted by molar-refractivity contribution is 0.449. The first-order valence-corrected chi connectivity index (χ1v) is 6.21. The van der Waals surface area contributed by atoms with Crippen LogP contribution in [0.4, 0.5) is 0 Å². The molecule has 0 radical (unpaired) electrons. The lowest BCUT2D eigenvalue weighted by Gasteiger charge is -2.06. The van der Waals surface area contributed by atoms with Gasteiger partial charge in [-0.05, 0) is 43.4 Å². The van der Waals surface area contributed by atoms with Gasteiger partial charge in [0.05, 0.1) is 9.26 Å². The molecule has 0 unspecified atom stereocenters. The summed E-state index contributed by atoms with van der Waals surface area (Å²) in [5.74, 6) is 1.97. The first kappa shape index (κ1) is 12.3. The molecule has 0 aliphatic carbocycles. The van der Waals surface area contributed by atoms with E-state index >= 15 is 0 Å². The molecular weight excluding hydrogens is 333 g/mol. The van der Waals surface area contributed by atoms with Crippen LogP contribution < -0.4 is 5.56 Å². The van der Waals surface area contributed by atoms with Gasteiger partial charge in [-0.25, -0.2) is 9.97 Å². The fourth-order valence-electron chi connectivity index (χ4n) is 1.48. The van der Waals surface area contributed by atoms with Crippen molar-refractivity contribution < 1.29 is 4.42 Å². The van der Waals surface area contributed by atoms with Crippen LogP contribution in [0, 0.1) is 24.3 Å². The van der Waals surface area contributed by atoms with Gasteiger partial charge in [-0.3, -0.25) is 9.36 Å². The van der Waals surface area contributed by atoms with Crippen LogP contribution in [0.1, 0.15) is 23.2 Å². The molecule has 0 bridgehead atoms. The zero-order valence-electron chi connectivity index (χ0n) is 9.82. The van der Waals surface area contributed by atoms with E-state index in [0.717, 1.165) is 11.5 Å². The summed E-state index contributed by atoms with van der Waals surface area (Å²) in [6, 6.07) is 0. The topological polar surface area (TPSA) is 60.9 Å². The van der Waals surface area contributed by atoms with E-state index in [-0.39, 0.29) is 5.56 Å². The maximum absolute atomic E-state index is 11.9. The van der Waals surface area contributed by atoms with Crippen molar-refractivity contribution >= 4 is 22.6 Å². The molecule has 0 aliphatic rings. The number of halogens is 1. The van der Waals surface area contributed by atoms with Gasteiger partial charge in [0.2, 0.25) is 5.89 Å². The SMILES string of the molecule is Cc1nc(Cn2c(C)ncc(I)c2=O)oc1C. The second-order valence-corrected chi connectivity index (χ2v) is 4.96. The first-order valence-electron chi connectivity index (χ1n) is 5.14. The van der Waals surface area contributed by atoms with Gasteiger partial charge >= 0.3 is 0 Å². The largest absolute Gasteiger partial charge is 0.444 e. The van der Waals surface area contributed by atoms with Gasteiger partial charge in [-0.15, -0.1) is 0 Å². The van der Waals surface area contributed by atoms with Crippen molar-refractivity contribution in [1.82, 2.24) is 14.5 Å². The molecule has 2 aromatic rings. The molecule has 5 nitrogen and oxygen atoms in total. The molecule has 0 amide bonds. The van der Waals surface area contributed by atoms with Gasteiger partial charge < -0.3 is 4.42 Å². The lowest BCUT2D eigenvalue weighted by Crippen LogP contribution is -2.26. The fourth-order valence-corrected chi connectivity index (χ4v) is 1.91. The van der Waals surface area contributed by atoms with E-state index < -0.39 is 0 Å². The summed E-state index contributed by atoms with van der Waals surface area (Å²) in [6.07, 6.45) is 1.57. The van der Waals surface area contributed by atoms with Crippen LogP contribution in [0.25, 0.3) is 0 Å². The molecule has 0 saturated carbocycles. The third-order valence-electron chi connectivity index (χ3n) is 2.57. The highest BCUT2D eigenvalue weighted by molar-refractivity contribution is 14.1. The predicted octanol–water partition coefficient (Wildman–Crippen LogP) is 1.81. The Balaban J connectivity index is 2.43. The van der Waals surface area contributed by atoms with Crippen molar-refractivity contribution in [3.8, 4) is 0 Å². The number of hydrogen-bond donors (Lipinski definition) is 0. The molecular formula is C11H12IN3O2. The second-order valence-electron chi connectivity index (χ2n) is 3.79. The Labute approximate surface area is 112 Å². The van der Waals surface area contributed by atoms with Gasteiger partial charge in [0.1, 0.15) is 18.1 Å². The van der Waals surface area contributed by atoms with E-state index in [1.807, 2.05) is 36.4 Å². The summed E-state index contributed by atoms with van der Waals surface area (Å²) in [7, 11) is 0. The normalized spacial score (nSPS) is 10.8. The lowest BCUT2D eigenvalue weighted by atomic mass is 10.4. The van der Waals surface area contributed by atoms with Crippen molar-refractivity contribution in [2.24, 2.45) is 0 Å². The molecule has 90 valence electrons. The van der Waals surface area contributed by atoms with Crippen molar-refractivity contribution in [1.29, 1.82) is 0 Å². The predicted molar refractivity (Wildman–Crippen MR) is 71.0 cm³/mol. The average molecular weight is 345 g/mol. The zero-order valence-corrected chi connectivity index (χ0v) is 12.0. The van der Waals surface area contributed by atoms with E-state index in [0.29, 0.717) is 21.8 Å². The Morgan fingerprint density at radius 1 is 1.41 bits per heavy atom. The minimum Gasteiger partial charge on any atom is -0.444 e. The third-order valence-corrected chi connectivity index (χ3v) is 3.31. The van der Waals surface area contributed by atoms with Gasteiger partial charge in [0.15, 0.2) is 0 Å². The molecule has 0 spiro atoms. The average Bonchev–Trinajstić information content (AvgIpc) is 2.59. The molecule has 0 saturated heterocycles. The number of hydrogen-bond acceptors (Lipinski definition) is 4. The van der Waals surface area contributed by atoms with Crippen molar-refractivity contribution in [2.45, 2.75) is 27.3 Å². The zero-order chi connectivity index (χ0) is 12.6. The van der Waals surface area contributed by atoms with Crippen LogP contribution in [0.3, 0.4) is 0 Å². The number of aryl methyl sites for hydroxylation is 3. The molecule has 0 atom stereocenters. The molecule has 0 aromatic carbocycles. The molecule has 2 rings (SSSR count). The van der Waals surface area contributed by atoms with E-state index in [9.17, 15) is 4.79 Å². The summed E-state index contributed by atoms with van der Waals surface area (Å²) >= 11 is 1.97. The fraction of sp³-hybridized carbons (Fsp3) is 0.364. The maximum Gasteiger partial charge on any atom is 0.267 e. The molecule has 6 heteroatoms. The second kappa shape index (κ2) is 4.59. The summed E-state index contributed by atoms with van der Waals surface area (Å²) in [5, 5.41) is 0. The Morgan fingerprint density at radius 2 is 2.12 bits per heavy atom. The molecule has 0 fully saturated rings. The smallest absolute Gasteiger partial charge is 0.267 e. The third kappa shape index (κ3) is 2.41. The molecule has 0 aliphatic heterocycles. The minimum absolute atomic E-state index is 0.0633. The van der Waals surface area contributed by atoms with Gasteiger partial charge in [0.25, 0.3) is 5.56 Å². The summed E-state index contributed by atoms with van der Waals surface area (Å²) in [5.41, 5.74) is 0.788. The van der Waals surface area contributed by atoms with Crippen LogP contribution in [0.15, 0.2) is 15.4 Å².